The van der Waals surface area contributed by atoms with Gasteiger partial charge in [-0.05, 0) is 53.4 Å². The van der Waals surface area contributed by atoms with E-state index in [2.05, 4.69) is 22.4 Å². The Kier molecular flexibility index (Phi) is 6.30. The molecule has 0 saturated carbocycles. The summed E-state index contributed by atoms with van der Waals surface area (Å²) in [6, 6.07) is 5.66. The van der Waals surface area contributed by atoms with Crippen molar-refractivity contribution in [3.8, 4) is 0 Å². The van der Waals surface area contributed by atoms with Gasteiger partial charge in [0.05, 0.1) is 0 Å². The molecule has 7 nitrogen and oxygen atoms in total. The Bertz CT molecular complexity index is 769. The zero-order valence-corrected chi connectivity index (χ0v) is 15.7. The molecule has 3 rings (SSSR count). The van der Waals surface area contributed by atoms with Crippen LogP contribution in [0, 0.1) is 18.2 Å². The van der Waals surface area contributed by atoms with Gasteiger partial charge in [0.2, 0.25) is 5.91 Å². The van der Waals surface area contributed by atoms with Crippen molar-refractivity contribution in [2.24, 2.45) is 11.1 Å². The van der Waals surface area contributed by atoms with Crippen molar-refractivity contribution in [3.05, 3.63) is 41.5 Å². The number of rotatable bonds is 5. The minimum absolute atomic E-state index is 0. The van der Waals surface area contributed by atoms with E-state index in [-0.39, 0.29) is 29.5 Å². The molecule has 0 radical (unpaired) electrons. The number of aryl methyl sites for hydroxylation is 1. The van der Waals surface area contributed by atoms with Crippen molar-refractivity contribution in [2.45, 2.75) is 32.7 Å². The highest BCUT2D eigenvalue weighted by Crippen LogP contribution is 2.30. The molecule has 2 unspecified atom stereocenters. The zero-order chi connectivity index (χ0) is 18.0. The Morgan fingerprint density at radius 3 is 2.81 bits per heavy atom. The molecular formula is C17H24ClFN6O. The van der Waals surface area contributed by atoms with Crippen LogP contribution in [0.25, 0.3) is 0 Å². The number of benzene rings is 1. The minimum atomic E-state index is -0.600. The fourth-order valence-electron chi connectivity index (χ4n) is 3.28. The van der Waals surface area contributed by atoms with E-state index in [4.69, 9.17) is 5.73 Å². The van der Waals surface area contributed by atoms with Gasteiger partial charge in [0, 0.05) is 19.5 Å². The third-order valence-corrected chi connectivity index (χ3v) is 4.92. The Morgan fingerprint density at radius 2 is 2.23 bits per heavy atom. The Morgan fingerprint density at radius 1 is 1.46 bits per heavy atom. The fraction of sp³-hybridized carbons (Fsp3) is 0.529. The van der Waals surface area contributed by atoms with Gasteiger partial charge >= 0.3 is 0 Å². The van der Waals surface area contributed by atoms with Gasteiger partial charge in [-0.2, -0.15) is 0 Å². The highest BCUT2D eigenvalue weighted by Gasteiger charge is 2.38. The quantitative estimate of drug-likeness (QED) is 0.846. The summed E-state index contributed by atoms with van der Waals surface area (Å²) in [4.78, 5) is 15.0. The van der Waals surface area contributed by atoms with E-state index < -0.39 is 6.04 Å². The molecular weight excluding hydrogens is 359 g/mol. The molecule has 0 bridgehead atoms. The number of likely N-dealkylation sites (tertiary alicyclic amines) is 1. The van der Waals surface area contributed by atoms with Crippen molar-refractivity contribution < 1.29 is 9.18 Å². The van der Waals surface area contributed by atoms with Crippen LogP contribution in [0.15, 0.2) is 24.3 Å². The van der Waals surface area contributed by atoms with E-state index in [0.717, 1.165) is 12.0 Å². The van der Waals surface area contributed by atoms with Crippen molar-refractivity contribution in [1.29, 1.82) is 0 Å². The van der Waals surface area contributed by atoms with Crippen LogP contribution in [0.1, 0.15) is 30.8 Å². The van der Waals surface area contributed by atoms with E-state index in [1.807, 2.05) is 4.90 Å². The second-order valence-corrected chi connectivity index (χ2v) is 7.05. The van der Waals surface area contributed by atoms with Gasteiger partial charge in [0.25, 0.3) is 0 Å². The summed E-state index contributed by atoms with van der Waals surface area (Å²) in [5, 5.41) is 11.5. The average Bonchev–Trinajstić information content (AvgIpc) is 3.19. The first-order valence-corrected chi connectivity index (χ1v) is 8.40. The summed E-state index contributed by atoms with van der Waals surface area (Å²) in [5.41, 5.74) is 6.52. The molecule has 1 aromatic heterocycles. The topological polar surface area (TPSA) is 89.9 Å². The molecule has 9 heteroatoms. The molecule has 1 aliphatic heterocycles. The number of tetrazole rings is 1. The van der Waals surface area contributed by atoms with Crippen molar-refractivity contribution in [1.82, 2.24) is 25.1 Å². The molecule has 142 valence electrons. The Hall–Kier alpha value is -2.06. The first-order valence-electron chi connectivity index (χ1n) is 8.40. The predicted molar refractivity (Wildman–Crippen MR) is 97.3 cm³/mol. The molecule has 1 aromatic carbocycles. The number of nitrogens with two attached hydrogens (primary N) is 1. The number of carbonyl (C=O) groups excluding carboxylic acids is 1. The number of aromatic nitrogens is 4. The predicted octanol–water partition coefficient (Wildman–Crippen LogP) is 1.52. The fourth-order valence-corrected chi connectivity index (χ4v) is 3.28. The maximum Gasteiger partial charge on any atom is 0.247 e. The molecule has 2 heterocycles. The molecule has 26 heavy (non-hydrogen) atoms. The van der Waals surface area contributed by atoms with Gasteiger partial charge in [0.15, 0.2) is 0 Å². The molecule has 0 aliphatic carbocycles. The number of hydrogen-bond donors (Lipinski definition) is 1. The molecule has 1 aliphatic rings. The van der Waals surface area contributed by atoms with Crippen molar-refractivity contribution in [2.75, 3.05) is 19.6 Å². The summed E-state index contributed by atoms with van der Waals surface area (Å²) in [5.74, 6) is 0.168. The standard InChI is InChI=1S/C17H23FN6O.ClH/c1-12-20-21-22-24(12)15(9-13-4-3-5-14(18)8-13)16(25)23-7-6-17(2,10-19)11-23;/h3-5,8,15H,6-7,9-11,19H2,1-2H3;1H. The highest BCUT2D eigenvalue weighted by atomic mass is 35.5. The summed E-state index contributed by atoms with van der Waals surface area (Å²) in [7, 11) is 0. The number of hydrogen-bond acceptors (Lipinski definition) is 5. The van der Waals surface area contributed by atoms with E-state index in [1.54, 1.807) is 19.1 Å². The number of carbonyl (C=O) groups is 1. The SMILES string of the molecule is Cc1nnnn1C(Cc1cccc(F)c1)C(=O)N1CCC(C)(CN)C1.Cl. The minimum Gasteiger partial charge on any atom is -0.340 e. The lowest BCUT2D eigenvalue weighted by atomic mass is 9.90. The van der Waals surface area contributed by atoms with Gasteiger partial charge in [-0.3, -0.25) is 4.79 Å². The maximum atomic E-state index is 13.5. The summed E-state index contributed by atoms with van der Waals surface area (Å²) in [6.45, 7) is 5.65. The number of halogens is 2. The van der Waals surface area contributed by atoms with Crippen LogP contribution in [0.2, 0.25) is 0 Å². The lowest BCUT2D eigenvalue weighted by Gasteiger charge is -2.26. The van der Waals surface area contributed by atoms with Gasteiger partial charge in [0.1, 0.15) is 17.7 Å². The molecule has 2 N–H and O–H groups in total. The lowest BCUT2D eigenvalue weighted by molar-refractivity contribution is -0.134. The highest BCUT2D eigenvalue weighted by molar-refractivity contribution is 5.85. The van der Waals surface area contributed by atoms with Crippen LogP contribution < -0.4 is 5.73 Å². The molecule has 2 aromatic rings. The second kappa shape index (κ2) is 8.09. The Labute approximate surface area is 158 Å². The monoisotopic (exact) mass is 382 g/mol. The van der Waals surface area contributed by atoms with Crippen LogP contribution in [0.4, 0.5) is 4.39 Å². The largest absolute Gasteiger partial charge is 0.340 e. The van der Waals surface area contributed by atoms with Crippen LogP contribution in [-0.2, 0) is 11.2 Å². The van der Waals surface area contributed by atoms with Crippen molar-refractivity contribution in [3.63, 3.8) is 0 Å². The molecule has 1 fully saturated rings. The molecule has 0 spiro atoms. The average molecular weight is 383 g/mol. The van der Waals surface area contributed by atoms with E-state index in [1.165, 1.54) is 16.8 Å². The van der Waals surface area contributed by atoms with Crippen LogP contribution in [0.5, 0.6) is 0 Å². The van der Waals surface area contributed by atoms with Gasteiger partial charge in [-0.15, -0.1) is 17.5 Å². The Balaban J connectivity index is 0.00000243. The molecule has 2 atom stereocenters. The zero-order valence-electron chi connectivity index (χ0n) is 14.9. The smallest absolute Gasteiger partial charge is 0.247 e. The summed E-state index contributed by atoms with van der Waals surface area (Å²) in [6.07, 6.45) is 1.20. The summed E-state index contributed by atoms with van der Waals surface area (Å²) < 4.78 is 15.1. The van der Waals surface area contributed by atoms with Crippen LogP contribution in [0.3, 0.4) is 0 Å². The maximum absolute atomic E-state index is 13.5. The second-order valence-electron chi connectivity index (χ2n) is 7.05. The third-order valence-electron chi connectivity index (χ3n) is 4.92. The van der Waals surface area contributed by atoms with E-state index in [9.17, 15) is 9.18 Å². The van der Waals surface area contributed by atoms with Gasteiger partial charge < -0.3 is 10.6 Å². The number of amides is 1. The van der Waals surface area contributed by atoms with E-state index >= 15 is 0 Å². The van der Waals surface area contributed by atoms with Crippen molar-refractivity contribution >= 4 is 18.3 Å². The molecule has 1 saturated heterocycles. The summed E-state index contributed by atoms with van der Waals surface area (Å²) >= 11 is 0. The first kappa shape index (κ1) is 20.3. The van der Waals surface area contributed by atoms with Gasteiger partial charge in [-0.25, -0.2) is 9.07 Å². The number of nitrogens with zero attached hydrogens (tertiary/aromatic N) is 5. The van der Waals surface area contributed by atoms with Crippen LogP contribution in [-0.4, -0.2) is 50.6 Å². The normalized spacial score (nSPS) is 20.7. The molecule has 1 amide bonds. The first-order chi connectivity index (χ1) is 11.9. The van der Waals surface area contributed by atoms with E-state index in [0.29, 0.717) is 31.9 Å². The third kappa shape index (κ3) is 4.19. The van der Waals surface area contributed by atoms with Gasteiger partial charge in [-0.1, -0.05) is 19.1 Å². The lowest BCUT2D eigenvalue weighted by Crippen LogP contribution is -2.40. The van der Waals surface area contributed by atoms with Crippen LogP contribution >= 0.6 is 12.4 Å².